The van der Waals surface area contributed by atoms with Crippen LogP contribution in [-0.2, 0) is 16.4 Å². The van der Waals surface area contributed by atoms with Gasteiger partial charge >= 0.3 is 0 Å². The van der Waals surface area contributed by atoms with E-state index in [4.69, 9.17) is 4.74 Å². The van der Waals surface area contributed by atoms with Gasteiger partial charge in [-0.2, -0.15) is 0 Å². The first-order valence-electron chi connectivity index (χ1n) is 8.60. The van der Waals surface area contributed by atoms with Crippen LogP contribution < -0.4 is 14.4 Å². The van der Waals surface area contributed by atoms with Crippen molar-refractivity contribution in [3.63, 3.8) is 0 Å². The van der Waals surface area contributed by atoms with E-state index in [2.05, 4.69) is 50.7 Å². The molecule has 1 heterocycles. The summed E-state index contributed by atoms with van der Waals surface area (Å²) in [5.41, 5.74) is 2.62. The molecule has 2 aromatic carbocycles. The fourth-order valence-electron chi connectivity index (χ4n) is 3.36. The Morgan fingerprint density at radius 3 is 2.81 bits per heavy atom. The average molecular weight is 439 g/mol. The number of hydrogen-bond acceptors (Lipinski definition) is 4. The third kappa shape index (κ3) is 4.05. The molecule has 7 heteroatoms. The molecule has 3 rings (SSSR count). The maximum absolute atomic E-state index is 12.6. The number of ether oxygens (including phenoxy) is 1. The zero-order valence-electron chi connectivity index (χ0n) is 14.9. The number of nitrogens with zero attached hydrogens (tertiary/aromatic N) is 1. The number of fused-ring (bicyclic) bond motifs is 1. The molecular weight excluding hydrogens is 416 g/mol. The van der Waals surface area contributed by atoms with Gasteiger partial charge in [0.05, 0.1) is 7.11 Å². The Balaban J connectivity index is 1.61. The quantitative estimate of drug-likeness (QED) is 0.671. The smallest absolute Gasteiger partial charge is 0.244 e. The van der Waals surface area contributed by atoms with Crippen LogP contribution in [0.5, 0.6) is 5.75 Å². The summed E-state index contributed by atoms with van der Waals surface area (Å²) in [5.74, 6) is 0.336. The van der Waals surface area contributed by atoms with E-state index in [-0.39, 0.29) is 4.90 Å². The van der Waals surface area contributed by atoms with E-state index in [1.165, 1.54) is 18.4 Å². The summed E-state index contributed by atoms with van der Waals surface area (Å²) in [6.45, 7) is 3.40. The Hall–Kier alpha value is -1.57. The van der Waals surface area contributed by atoms with E-state index in [1.54, 1.807) is 18.2 Å². The predicted octanol–water partition coefficient (Wildman–Crippen LogP) is 3.58. The molecule has 5 nitrogen and oxygen atoms in total. The molecule has 0 aliphatic carbocycles. The summed E-state index contributed by atoms with van der Waals surface area (Å²) in [4.78, 5) is 2.50. The number of sulfonamides is 1. The molecule has 26 heavy (non-hydrogen) atoms. The molecule has 0 saturated carbocycles. The second-order valence-electron chi connectivity index (χ2n) is 6.42. The van der Waals surface area contributed by atoms with Crippen LogP contribution in [0.2, 0.25) is 0 Å². The first kappa shape index (κ1) is 19.2. The normalized spacial score (nSPS) is 16.6. The third-order valence-corrected chi connectivity index (χ3v) is 6.61. The topological polar surface area (TPSA) is 58.6 Å². The van der Waals surface area contributed by atoms with Crippen LogP contribution in [0.1, 0.15) is 18.9 Å². The Morgan fingerprint density at radius 1 is 1.27 bits per heavy atom. The average Bonchev–Trinajstić information content (AvgIpc) is 2.94. The molecule has 1 aliphatic heterocycles. The summed E-state index contributed by atoms with van der Waals surface area (Å²) in [6, 6.07) is 13.8. The fourth-order valence-corrected chi connectivity index (χ4v) is 5.14. The predicted molar refractivity (Wildman–Crippen MR) is 107 cm³/mol. The molecular formula is C19H23BrN2O3S. The Labute approximate surface area is 163 Å². The van der Waals surface area contributed by atoms with Crippen LogP contribution >= 0.6 is 15.9 Å². The van der Waals surface area contributed by atoms with Gasteiger partial charge in [-0.15, -0.1) is 0 Å². The molecule has 0 amide bonds. The molecule has 0 spiro atoms. The van der Waals surface area contributed by atoms with Gasteiger partial charge in [-0.05, 0) is 49.6 Å². The van der Waals surface area contributed by atoms with Crippen molar-refractivity contribution in [3.05, 3.63) is 52.5 Å². The van der Waals surface area contributed by atoms with Crippen LogP contribution in [0.15, 0.2) is 51.8 Å². The molecule has 140 valence electrons. The highest BCUT2D eigenvalue weighted by Crippen LogP contribution is 2.31. The maximum Gasteiger partial charge on any atom is 0.244 e. The highest BCUT2D eigenvalue weighted by Gasteiger charge is 2.25. The summed E-state index contributed by atoms with van der Waals surface area (Å²) in [6.07, 6.45) is 1.77. The fraction of sp³-hybridized carbons (Fsp3) is 0.368. The van der Waals surface area contributed by atoms with Crippen LogP contribution in [-0.4, -0.2) is 34.7 Å². The van der Waals surface area contributed by atoms with Crippen molar-refractivity contribution in [2.24, 2.45) is 0 Å². The zero-order valence-corrected chi connectivity index (χ0v) is 17.3. The Morgan fingerprint density at radius 2 is 2.04 bits per heavy atom. The second kappa shape index (κ2) is 7.98. The highest BCUT2D eigenvalue weighted by atomic mass is 79.9. The van der Waals surface area contributed by atoms with Crippen LogP contribution in [0, 0.1) is 0 Å². The number of halogens is 1. The Bertz CT molecular complexity index is 886. The molecule has 1 N–H and O–H groups in total. The number of para-hydroxylation sites is 1. The monoisotopic (exact) mass is 438 g/mol. The Kier molecular flexibility index (Phi) is 5.89. The van der Waals surface area contributed by atoms with Crippen molar-refractivity contribution >= 4 is 31.6 Å². The van der Waals surface area contributed by atoms with Gasteiger partial charge in [0.25, 0.3) is 0 Å². The molecule has 1 aliphatic rings. The van der Waals surface area contributed by atoms with Crippen molar-refractivity contribution < 1.29 is 13.2 Å². The first-order valence-corrected chi connectivity index (χ1v) is 10.9. The standard InChI is InChI=1S/C19H23BrN2O3S/c1-14-12-15-6-3-4-7-17(15)22(14)11-5-10-21-26(23,24)19-13-16(20)8-9-18(19)25-2/h3-4,6-9,13-14,21H,5,10-12H2,1-2H3. The lowest BCUT2D eigenvalue weighted by atomic mass is 10.1. The number of hydrogen-bond donors (Lipinski definition) is 1. The molecule has 0 fully saturated rings. The molecule has 0 aromatic heterocycles. The van der Waals surface area contributed by atoms with E-state index < -0.39 is 10.0 Å². The molecule has 1 atom stereocenters. The van der Waals surface area contributed by atoms with E-state index in [9.17, 15) is 8.42 Å². The van der Waals surface area contributed by atoms with E-state index in [0.717, 1.165) is 19.4 Å². The lowest BCUT2D eigenvalue weighted by Crippen LogP contribution is -2.33. The first-order chi connectivity index (χ1) is 12.4. The molecule has 0 radical (unpaired) electrons. The summed E-state index contributed by atoms with van der Waals surface area (Å²) in [5, 5.41) is 0. The van der Waals surface area contributed by atoms with E-state index >= 15 is 0 Å². The maximum atomic E-state index is 12.6. The van der Waals surface area contributed by atoms with Gasteiger partial charge in [0.15, 0.2) is 0 Å². The minimum atomic E-state index is -3.62. The highest BCUT2D eigenvalue weighted by molar-refractivity contribution is 9.10. The lowest BCUT2D eigenvalue weighted by Gasteiger charge is -2.25. The molecule has 2 aromatic rings. The summed E-state index contributed by atoms with van der Waals surface area (Å²) >= 11 is 3.31. The second-order valence-corrected chi connectivity index (χ2v) is 9.07. The number of nitrogens with one attached hydrogen (secondary N) is 1. The number of methoxy groups -OCH3 is 1. The summed E-state index contributed by atoms with van der Waals surface area (Å²) < 4.78 is 33.8. The van der Waals surface area contributed by atoms with Crippen molar-refractivity contribution in [1.82, 2.24) is 4.72 Å². The molecule has 1 unspecified atom stereocenters. The SMILES string of the molecule is COc1ccc(Br)cc1S(=O)(=O)NCCCN1c2ccccc2CC1C. The van der Waals surface area contributed by atoms with Gasteiger partial charge in [-0.3, -0.25) is 0 Å². The van der Waals surface area contributed by atoms with E-state index in [1.807, 2.05) is 6.07 Å². The van der Waals surface area contributed by atoms with Crippen molar-refractivity contribution in [1.29, 1.82) is 0 Å². The zero-order chi connectivity index (χ0) is 18.7. The van der Waals surface area contributed by atoms with Crippen molar-refractivity contribution in [2.45, 2.75) is 30.7 Å². The van der Waals surface area contributed by atoms with Crippen LogP contribution in [0.4, 0.5) is 5.69 Å². The van der Waals surface area contributed by atoms with Crippen molar-refractivity contribution in [3.8, 4) is 5.75 Å². The van der Waals surface area contributed by atoms with E-state index in [0.29, 0.717) is 22.8 Å². The summed E-state index contributed by atoms with van der Waals surface area (Å²) in [7, 11) is -2.15. The number of anilines is 1. The molecule has 0 saturated heterocycles. The number of rotatable bonds is 7. The lowest BCUT2D eigenvalue weighted by molar-refractivity contribution is 0.402. The van der Waals surface area contributed by atoms with Gasteiger partial charge in [-0.25, -0.2) is 13.1 Å². The van der Waals surface area contributed by atoms with Gasteiger partial charge in [0.2, 0.25) is 10.0 Å². The van der Waals surface area contributed by atoms with Gasteiger partial charge in [0, 0.05) is 29.3 Å². The minimum Gasteiger partial charge on any atom is -0.495 e. The van der Waals surface area contributed by atoms with Gasteiger partial charge < -0.3 is 9.64 Å². The minimum absolute atomic E-state index is 0.147. The van der Waals surface area contributed by atoms with Gasteiger partial charge in [0.1, 0.15) is 10.6 Å². The van der Waals surface area contributed by atoms with Crippen LogP contribution in [0.25, 0.3) is 0 Å². The van der Waals surface area contributed by atoms with Crippen LogP contribution in [0.3, 0.4) is 0 Å². The largest absolute Gasteiger partial charge is 0.495 e. The molecule has 0 bridgehead atoms. The number of benzene rings is 2. The third-order valence-electron chi connectivity index (χ3n) is 4.63. The van der Waals surface area contributed by atoms with Gasteiger partial charge in [-0.1, -0.05) is 34.1 Å². The van der Waals surface area contributed by atoms with Crippen molar-refractivity contribution in [2.75, 3.05) is 25.1 Å².